The Morgan fingerprint density at radius 2 is 1.80 bits per heavy atom. The van der Waals surface area contributed by atoms with E-state index < -0.39 is 5.97 Å². The molecule has 134 valence electrons. The standard InChI is InChI=1S/C19H21ClO5/c1-13-11-16(6-7-17(13)20)24-9-10-25-18-12-15(23-2)5-3-14(18)4-8-19(21)22/h3,5-7,11-12H,4,8-10H2,1-2H3,(H,21,22). The van der Waals surface area contributed by atoms with E-state index in [1.54, 1.807) is 31.4 Å². The predicted molar refractivity (Wildman–Crippen MR) is 96.1 cm³/mol. The van der Waals surface area contributed by atoms with Gasteiger partial charge in [-0.15, -0.1) is 0 Å². The van der Waals surface area contributed by atoms with Gasteiger partial charge in [-0.3, -0.25) is 4.79 Å². The molecule has 2 aromatic carbocycles. The maximum absolute atomic E-state index is 10.8. The quantitative estimate of drug-likeness (QED) is 0.678. The lowest BCUT2D eigenvalue weighted by atomic mass is 10.1. The zero-order valence-corrected chi connectivity index (χ0v) is 15.0. The average Bonchev–Trinajstić information content (AvgIpc) is 2.60. The molecule has 6 heteroatoms. The molecule has 0 spiro atoms. The molecule has 2 aromatic rings. The maximum Gasteiger partial charge on any atom is 0.303 e. The van der Waals surface area contributed by atoms with Crippen molar-refractivity contribution in [2.24, 2.45) is 0 Å². The van der Waals surface area contributed by atoms with Gasteiger partial charge in [-0.2, -0.15) is 0 Å². The van der Waals surface area contributed by atoms with Gasteiger partial charge in [0.05, 0.1) is 7.11 Å². The van der Waals surface area contributed by atoms with E-state index in [-0.39, 0.29) is 6.42 Å². The smallest absolute Gasteiger partial charge is 0.303 e. The van der Waals surface area contributed by atoms with Gasteiger partial charge in [0.15, 0.2) is 0 Å². The van der Waals surface area contributed by atoms with Gasteiger partial charge in [-0.1, -0.05) is 17.7 Å². The normalized spacial score (nSPS) is 10.4. The van der Waals surface area contributed by atoms with E-state index in [4.69, 9.17) is 30.9 Å². The lowest BCUT2D eigenvalue weighted by Crippen LogP contribution is -2.10. The molecule has 0 saturated carbocycles. The van der Waals surface area contributed by atoms with Crippen LogP contribution in [0, 0.1) is 6.92 Å². The second kappa shape index (κ2) is 9.18. The minimum absolute atomic E-state index is 0.0449. The third-order valence-corrected chi connectivity index (χ3v) is 4.05. The number of hydrogen-bond acceptors (Lipinski definition) is 4. The van der Waals surface area contributed by atoms with Crippen molar-refractivity contribution in [2.75, 3.05) is 20.3 Å². The second-order valence-corrected chi connectivity index (χ2v) is 5.88. The van der Waals surface area contributed by atoms with Gasteiger partial charge >= 0.3 is 5.97 Å². The summed E-state index contributed by atoms with van der Waals surface area (Å²) in [5, 5.41) is 9.55. The maximum atomic E-state index is 10.8. The molecule has 0 saturated heterocycles. The molecular formula is C19H21ClO5. The van der Waals surface area contributed by atoms with E-state index in [2.05, 4.69) is 0 Å². The van der Waals surface area contributed by atoms with E-state index >= 15 is 0 Å². The van der Waals surface area contributed by atoms with Crippen LogP contribution in [0.25, 0.3) is 0 Å². The van der Waals surface area contributed by atoms with Crippen molar-refractivity contribution >= 4 is 17.6 Å². The highest BCUT2D eigenvalue weighted by Gasteiger charge is 2.08. The first-order valence-corrected chi connectivity index (χ1v) is 8.28. The third-order valence-electron chi connectivity index (χ3n) is 3.62. The highest BCUT2D eigenvalue weighted by atomic mass is 35.5. The Bertz CT molecular complexity index is 730. The minimum atomic E-state index is -0.844. The summed E-state index contributed by atoms with van der Waals surface area (Å²) in [5.74, 6) is 1.14. The number of carbonyl (C=O) groups is 1. The summed E-state index contributed by atoms with van der Waals surface area (Å²) < 4.78 is 16.6. The first kappa shape index (κ1) is 18.9. The molecule has 0 amide bonds. The van der Waals surface area contributed by atoms with Crippen molar-refractivity contribution < 1.29 is 24.1 Å². The van der Waals surface area contributed by atoms with Crippen molar-refractivity contribution in [2.45, 2.75) is 19.8 Å². The summed E-state index contributed by atoms with van der Waals surface area (Å²) in [6.07, 6.45) is 0.440. The van der Waals surface area contributed by atoms with Crippen LogP contribution in [-0.2, 0) is 11.2 Å². The largest absolute Gasteiger partial charge is 0.497 e. The van der Waals surface area contributed by atoms with Gasteiger partial charge in [0.25, 0.3) is 0 Å². The Morgan fingerprint density at radius 3 is 2.48 bits per heavy atom. The molecule has 0 fully saturated rings. The summed E-state index contributed by atoms with van der Waals surface area (Å²) >= 11 is 5.99. The summed E-state index contributed by atoms with van der Waals surface area (Å²) in [4.78, 5) is 10.8. The van der Waals surface area contributed by atoms with Crippen molar-refractivity contribution in [3.05, 3.63) is 52.5 Å². The van der Waals surface area contributed by atoms with Crippen LogP contribution in [-0.4, -0.2) is 31.4 Å². The number of hydrogen-bond donors (Lipinski definition) is 1. The Balaban J connectivity index is 1.93. The number of benzene rings is 2. The monoisotopic (exact) mass is 364 g/mol. The number of rotatable bonds is 9. The Hall–Kier alpha value is -2.40. The number of carboxylic acid groups (broad SMARTS) is 1. The first-order chi connectivity index (χ1) is 12.0. The third kappa shape index (κ3) is 5.87. The number of halogens is 1. The lowest BCUT2D eigenvalue weighted by Gasteiger charge is -2.13. The van der Waals surface area contributed by atoms with Crippen molar-refractivity contribution in [1.82, 2.24) is 0 Å². The highest BCUT2D eigenvalue weighted by Crippen LogP contribution is 2.26. The van der Waals surface area contributed by atoms with E-state index in [0.29, 0.717) is 36.2 Å². The van der Waals surface area contributed by atoms with Crippen LogP contribution in [0.4, 0.5) is 0 Å². The predicted octanol–water partition coefficient (Wildman–Crippen LogP) is 4.13. The number of carboxylic acids is 1. The molecule has 0 heterocycles. The van der Waals surface area contributed by atoms with E-state index in [1.165, 1.54) is 0 Å². The highest BCUT2D eigenvalue weighted by molar-refractivity contribution is 6.31. The molecule has 0 aliphatic rings. The topological polar surface area (TPSA) is 65.0 Å². The van der Waals surface area contributed by atoms with E-state index in [1.807, 2.05) is 19.1 Å². The van der Waals surface area contributed by atoms with Gasteiger partial charge in [-0.25, -0.2) is 0 Å². The van der Waals surface area contributed by atoms with Crippen molar-refractivity contribution in [3.8, 4) is 17.2 Å². The van der Waals surface area contributed by atoms with Crippen LogP contribution in [0.5, 0.6) is 17.2 Å². The number of ether oxygens (including phenoxy) is 3. The molecule has 0 atom stereocenters. The van der Waals surface area contributed by atoms with Gasteiger partial charge < -0.3 is 19.3 Å². The zero-order valence-electron chi connectivity index (χ0n) is 14.3. The van der Waals surface area contributed by atoms with Crippen LogP contribution < -0.4 is 14.2 Å². The molecule has 0 bridgehead atoms. The first-order valence-electron chi connectivity index (χ1n) is 7.90. The van der Waals surface area contributed by atoms with Crippen molar-refractivity contribution in [1.29, 1.82) is 0 Å². The fourth-order valence-corrected chi connectivity index (χ4v) is 2.38. The lowest BCUT2D eigenvalue weighted by molar-refractivity contribution is -0.136. The Labute approximate surface area is 152 Å². The van der Waals surface area contributed by atoms with Gasteiger partial charge in [-0.05, 0) is 48.7 Å². The SMILES string of the molecule is COc1ccc(CCC(=O)O)c(OCCOc2ccc(Cl)c(C)c2)c1. The van der Waals surface area contributed by atoms with E-state index in [9.17, 15) is 4.79 Å². The number of methoxy groups -OCH3 is 1. The Kier molecular flexibility index (Phi) is 6.95. The van der Waals surface area contributed by atoms with Crippen LogP contribution in [0.2, 0.25) is 5.02 Å². The summed E-state index contributed by atoms with van der Waals surface area (Å²) in [7, 11) is 1.57. The fraction of sp³-hybridized carbons (Fsp3) is 0.316. The number of aryl methyl sites for hydroxylation is 2. The Morgan fingerprint density at radius 1 is 1.08 bits per heavy atom. The molecule has 0 aliphatic heterocycles. The average molecular weight is 365 g/mol. The summed E-state index contributed by atoms with van der Waals surface area (Å²) in [5.41, 5.74) is 1.77. The summed E-state index contributed by atoms with van der Waals surface area (Å²) in [6, 6.07) is 10.8. The van der Waals surface area contributed by atoms with Gasteiger partial charge in [0.2, 0.25) is 0 Å². The number of aliphatic carboxylic acids is 1. The molecule has 25 heavy (non-hydrogen) atoms. The fourth-order valence-electron chi connectivity index (χ4n) is 2.26. The summed E-state index contributed by atoms with van der Waals surface area (Å²) in [6.45, 7) is 2.60. The molecule has 2 rings (SSSR count). The van der Waals surface area contributed by atoms with Crippen molar-refractivity contribution in [3.63, 3.8) is 0 Å². The molecule has 0 radical (unpaired) electrons. The molecular weight excluding hydrogens is 344 g/mol. The van der Waals surface area contributed by atoms with E-state index in [0.717, 1.165) is 16.9 Å². The van der Waals surface area contributed by atoms with Crippen LogP contribution >= 0.6 is 11.6 Å². The molecule has 1 N–H and O–H groups in total. The zero-order chi connectivity index (χ0) is 18.2. The second-order valence-electron chi connectivity index (χ2n) is 5.48. The van der Waals surface area contributed by atoms with Crippen LogP contribution in [0.15, 0.2) is 36.4 Å². The molecule has 5 nitrogen and oxygen atoms in total. The van der Waals surface area contributed by atoms with Gasteiger partial charge in [0, 0.05) is 17.5 Å². The molecule has 0 aromatic heterocycles. The van der Waals surface area contributed by atoms with Gasteiger partial charge in [0.1, 0.15) is 30.5 Å². The minimum Gasteiger partial charge on any atom is -0.497 e. The molecule has 0 unspecified atom stereocenters. The van der Waals surface area contributed by atoms with Crippen LogP contribution in [0.3, 0.4) is 0 Å². The van der Waals surface area contributed by atoms with Crippen LogP contribution in [0.1, 0.15) is 17.5 Å². The molecule has 0 aliphatic carbocycles.